The first-order valence-electron chi connectivity index (χ1n) is 8.77. The van der Waals surface area contributed by atoms with Crippen LogP contribution in [-0.2, 0) is 13.0 Å². The second kappa shape index (κ2) is 10.1. The molecule has 0 radical (unpaired) electrons. The van der Waals surface area contributed by atoms with Crippen molar-refractivity contribution in [3.63, 3.8) is 0 Å². The average Bonchev–Trinajstić information content (AvgIpc) is 3.26. The van der Waals surface area contributed by atoms with E-state index < -0.39 is 0 Å². The van der Waals surface area contributed by atoms with Gasteiger partial charge in [0.15, 0.2) is 11.1 Å². The lowest BCUT2D eigenvalue weighted by molar-refractivity contribution is 0.459. The normalized spacial score (nSPS) is 17.1. The minimum absolute atomic E-state index is 0. The zero-order chi connectivity index (χ0) is 17.6. The maximum absolute atomic E-state index is 4.62. The molecule has 1 aromatic carbocycles. The summed E-state index contributed by atoms with van der Waals surface area (Å²) >= 11 is 1.67. The van der Waals surface area contributed by atoms with Gasteiger partial charge in [0.2, 0.25) is 0 Å². The highest BCUT2D eigenvalue weighted by Gasteiger charge is 2.25. The minimum Gasteiger partial charge on any atom is -0.354 e. The Bertz CT molecular complexity index is 701. The highest BCUT2D eigenvalue weighted by Crippen LogP contribution is 2.21. The van der Waals surface area contributed by atoms with Gasteiger partial charge in [0, 0.05) is 39.6 Å². The number of likely N-dealkylation sites (tertiary alicyclic amines) is 1. The first-order chi connectivity index (χ1) is 12.2. The summed E-state index contributed by atoms with van der Waals surface area (Å²) in [6.07, 6.45) is 2.36. The van der Waals surface area contributed by atoms with E-state index in [-0.39, 0.29) is 24.0 Å². The highest BCUT2D eigenvalue weighted by molar-refractivity contribution is 14.0. The molecule has 2 heterocycles. The third kappa shape index (κ3) is 5.57. The Kier molecular flexibility index (Phi) is 8.15. The number of anilines is 1. The fourth-order valence-corrected chi connectivity index (χ4v) is 3.98. The van der Waals surface area contributed by atoms with Crippen LogP contribution in [0.25, 0.3) is 0 Å². The van der Waals surface area contributed by atoms with Crippen molar-refractivity contribution in [1.29, 1.82) is 0 Å². The number of hydrogen-bond donors (Lipinski definition) is 1. The van der Waals surface area contributed by atoms with Gasteiger partial charge in [-0.2, -0.15) is 0 Å². The Balaban J connectivity index is 0.00000243. The Hall–Kier alpha value is -1.35. The predicted molar refractivity (Wildman–Crippen MR) is 122 cm³/mol. The fourth-order valence-electron chi connectivity index (χ4n) is 3.22. The minimum atomic E-state index is 0. The second-order valence-corrected chi connectivity index (χ2v) is 7.54. The SMILES string of the molecule is CN=C(NCc1csc(N(C)C)n1)N1CCC(Cc2ccccc2)C1.I. The van der Waals surface area contributed by atoms with E-state index in [1.165, 1.54) is 12.0 Å². The van der Waals surface area contributed by atoms with E-state index in [0.29, 0.717) is 5.92 Å². The Morgan fingerprint density at radius 2 is 2.12 bits per heavy atom. The molecular formula is C19H28IN5S. The maximum Gasteiger partial charge on any atom is 0.193 e. The van der Waals surface area contributed by atoms with Gasteiger partial charge in [0.25, 0.3) is 0 Å². The zero-order valence-corrected chi connectivity index (χ0v) is 18.8. The number of aromatic nitrogens is 1. The summed E-state index contributed by atoms with van der Waals surface area (Å²) in [7, 11) is 5.90. The van der Waals surface area contributed by atoms with Crippen molar-refractivity contribution in [3.05, 3.63) is 47.0 Å². The lowest BCUT2D eigenvalue weighted by Gasteiger charge is -2.21. The van der Waals surface area contributed by atoms with Crippen molar-refractivity contribution in [2.24, 2.45) is 10.9 Å². The lowest BCUT2D eigenvalue weighted by atomic mass is 9.99. The third-order valence-electron chi connectivity index (χ3n) is 4.51. The number of benzene rings is 1. The summed E-state index contributed by atoms with van der Waals surface area (Å²) in [4.78, 5) is 13.5. The molecule has 26 heavy (non-hydrogen) atoms. The van der Waals surface area contributed by atoms with Crippen molar-refractivity contribution < 1.29 is 0 Å². The molecule has 1 N–H and O–H groups in total. The van der Waals surface area contributed by atoms with Crippen LogP contribution >= 0.6 is 35.3 Å². The number of thiazole rings is 1. The van der Waals surface area contributed by atoms with Crippen LogP contribution in [0.1, 0.15) is 17.7 Å². The molecule has 1 saturated heterocycles. The van der Waals surface area contributed by atoms with Crippen LogP contribution in [0, 0.1) is 5.92 Å². The molecule has 0 amide bonds. The largest absolute Gasteiger partial charge is 0.354 e. The molecule has 1 aromatic heterocycles. The van der Waals surface area contributed by atoms with E-state index in [0.717, 1.165) is 42.8 Å². The molecule has 0 spiro atoms. The lowest BCUT2D eigenvalue weighted by Crippen LogP contribution is -2.39. The monoisotopic (exact) mass is 485 g/mol. The summed E-state index contributed by atoms with van der Waals surface area (Å²) in [6.45, 7) is 2.85. The van der Waals surface area contributed by atoms with Crippen LogP contribution in [0.4, 0.5) is 5.13 Å². The molecule has 1 unspecified atom stereocenters. The number of hydrogen-bond acceptors (Lipinski definition) is 4. The van der Waals surface area contributed by atoms with Crippen LogP contribution in [0.3, 0.4) is 0 Å². The van der Waals surface area contributed by atoms with Crippen molar-refractivity contribution >= 4 is 46.4 Å². The molecule has 0 saturated carbocycles. The number of nitrogens with one attached hydrogen (secondary N) is 1. The standard InChI is InChI=1S/C19H27N5S.HI/c1-20-18(21-12-17-14-25-19(22-17)23(2)3)24-10-9-16(13-24)11-15-7-5-4-6-8-15;/h4-8,14,16H,9-13H2,1-3H3,(H,20,21);1H. The van der Waals surface area contributed by atoms with Crippen molar-refractivity contribution in [2.75, 3.05) is 39.1 Å². The van der Waals surface area contributed by atoms with E-state index in [2.05, 4.69) is 55.9 Å². The summed E-state index contributed by atoms with van der Waals surface area (Å²) in [5.74, 6) is 1.68. The van der Waals surface area contributed by atoms with Crippen LogP contribution in [0.2, 0.25) is 0 Å². The molecule has 0 bridgehead atoms. The quantitative estimate of drug-likeness (QED) is 0.400. The van der Waals surface area contributed by atoms with Gasteiger partial charge in [0.05, 0.1) is 12.2 Å². The summed E-state index contributed by atoms with van der Waals surface area (Å²) in [5, 5.41) is 6.61. The molecule has 1 atom stereocenters. The molecule has 142 valence electrons. The van der Waals surface area contributed by atoms with Gasteiger partial charge in [-0.3, -0.25) is 4.99 Å². The van der Waals surface area contributed by atoms with E-state index in [1.54, 1.807) is 11.3 Å². The molecular weight excluding hydrogens is 457 g/mol. The van der Waals surface area contributed by atoms with Crippen molar-refractivity contribution in [3.8, 4) is 0 Å². The maximum atomic E-state index is 4.62. The Labute approximate surface area is 177 Å². The number of halogens is 1. The van der Waals surface area contributed by atoms with E-state index in [4.69, 9.17) is 0 Å². The highest BCUT2D eigenvalue weighted by atomic mass is 127. The number of aliphatic imine (C=N–C) groups is 1. The van der Waals surface area contributed by atoms with Crippen LogP contribution in [0.15, 0.2) is 40.7 Å². The second-order valence-electron chi connectivity index (χ2n) is 6.71. The molecule has 1 fully saturated rings. The smallest absolute Gasteiger partial charge is 0.193 e. The van der Waals surface area contributed by atoms with E-state index in [1.807, 2.05) is 26.0 Å². The van der Waals surface area contributed by atoms with Gasteiger partial charge >= 0.3 is 0 Å². The van der Waals surface area contributed by atoms with Crippen LogP contribution in [0.5, 0.6) is 0 Å². The zero-order valence-electron chi connectivity index (χ0n) is 15.7. The van der Waals surface area contributed by atoms with E-state index >= 15 is 0 Å². The average molecular weight is 485 g/mol. The summed E-state index contributed by atoms with van der Waals surface area (Å²) < 4.78 is 0. The first-order valence-corrected chi connectivity index (χ1v) is 9.65. The molecule has 0 aliphatic carbocycles. The summed E-state index contributed by atoms with van der Waals surface area (Å²) in [6, 6.07) is 10.8. The number of guanidine groups is 1. The number of rotatable bonds is 5. The molecule has 7 heteroatoms. The first kappa shape index (κ1) is 21.0. The fraction of sp³-hybridized carbons (Fsp3) is 0.474. The van der Waals surface area contributed by atoms with Crippen LogP contribution in [-0.4, -0.2) is 50.1 Å². The van der Waals surface area contributed by atoms with Gasteiger partial charge in [-0.15, -0.1) is 35.3 Å². The van der Waals surface area contributed by atoms with Crippen molar-refractivity contribution in [2.45, 2.75) is 19.4 Å². The molecule has 1 aliphatic heterocycles. The molecule has 5 nitrogen and oxygen atoms in total. The Morgan fingerprint density at radius 3 is 2.77 bits per heavy atom. The van der Waals surface area contributed by atoms with Gasteiger partial charge in [-0.05, 0) is 24.3 Å². The van der Waals surface area contributed by atoms with Gasteiger partial charge in [0.1, 0.15) is 0 Å². The van der Waals surface area contributed by atoms with Crippen molar-refractivity contribution in [1.82, 2.24) is 15.2 Å². The molecule has 2 aromatic rings. The van der Waals surface area contributed by atoms with Crippen LogP contribution < -0.4 is 10.2 Å². The van der Waals surface area contributed by atoms with Gasteiger partial charge in [-0.25, -0.2) is 4.98 Å². The number of nitrogens with zero attached hydrogens (tertiary/aromatic N) is 4. The predicted octanol–water partition coefficient (Wildman–Crippen LogP) is 3.47. The van der Waals surface area contributed by atoms with Gasteiger partial charge in [-0.1, -0.05) is 30.3 Å². The van der Waals surface area contributed by atoms with E-state index in [9.17, 15) is 0 Å². The topological polar surface area (TPSA) is 43.8 Å². The third-order valence-corrected chi connectivity index (χ3v) is 5.57. The molecule has 1 aliphatic rings. The molecule has 3 rings (SSSR count). The summed E-state index contributed by atoms with van der Waals surface area (Å²) in [5.41, 5.74) is 2.49. The Morgan fingerprint density at radius 1 is 1.35 bits per heavy atom. The van der Waals surface area contributed by atoms with Gasteiger partial charge < -0.3 is 15.1 Å².